The van der Waals surface area contributed by atoms with Crippen LogP contribution in [0.25, 0.3) is 0 Å². The first-order chi connectivity index (χ1) is 8.88. The Balaban J connectivity index is 2.83. The number of benzene rings is 1. The van der Waals surface area contributed by atoms with Crippen LogP contribution in [0.2, 0.25) is 0 Å². The van der Waals surface area contributed by atoms with Gasteiger partial charge in [0.05, 0.1) is 5.56 Å². The van der Waals surface area contributed by atoms with Gasteiger partial charge in [-0.25, -0.2) is 0 Å². The maximum Gasteiger partial charge on any atom is 0.416 e. The summed E-state index contributed by atoms with van der Waals surface area (Å²) in [6.45, 7) is 3.84. The smallest absolute Gasteiger partial charge is 0.307 e. The zero-order valence-electron chi connectivity index (χ0n) is 11.1. The van der Waals surface area contributed by atoms with Crippen LogP contribution in [0.1, 0.15) is 43.9 Å². The molecular formula is C15H18F3N. The van der Waals surface area contributed by atoms with E-state index in [-0.39, 0.29) is 12.1 Å². The molecule has 0 aromatic heterocycles. The predicted molar refractivity (Wildman–Crippen MR) is 70.5 cm³/mol. The van der Waals surface area contributed by atoms with Crippen molar-refractivity contribution in [3.05, 3.63) is 35.4 Å². The number of hydrogen-bond donors (Lipinski definition) is 1. The largest absolute Gasteiger partial charge is 0.416 e. The molecule has 4 heteroatoms. The minimum atomic E-state index is -4.31. The zero-order chi connectivity index (χ0) is 14.5. The van der Waals surface area contributed by atoms with Gasteiger partial charge < -0.3 is 5.32 Å². The van der Waals surface area contributed by atoms with Crippen molar-refractivity contribution in [2.24, 2.45) is 0 Å². The molecule has 104 valence electrons. The van der Waals surface area contributed by atoms with Crippen LogP contribution in [0, 0.1) is 12.3 Å². The van der Waals surface area contributed by atoms with E-state index in [9.17, 15) is 13.2 Å². The number of terminal acetylenes is 1. The average molecular weight is 269 g/mol. The molecule has 0 heterocycles. The molecular weight excluding hydrogens is 251 g/mol. The Morgan fingerprint density at radius 2 is 2.05 bits per heavy atom. The highest BCUT2D eigenvalue weighted by Crippen LogP contribution is 2.30. The Morgan fingerprint density at radius 1 is 1.37 bits per heavy atom. The maximum absolute atomic E-state index is 12.6. The van der Waals surface area contributed by atoms with E-state index in [1.165, 1.54) is 12.1 Å². The fourth-order valence-electron chi connectivity index (χ4n) is 1.90. The van der Waals surface area contributed by atoms with Crippen LogP contribution in [-0.2, 0) is 6.18 Å². The van der Waals surface area contributed by atoms with Gasteiger partial charge in [0, 0.05) is 18.5 Å². The SMILES string of the molecule is C#CCC(CC)NC(C)c1cccc(C(F)(F)F)c1. The molecule has 0 aliphatic carbocycles. The molecule has 0 saturated heterocycles. The van der Waals surface area contributed by atoms with E-state index in [1.807, 2.05) is 13.8 Å². The molecule has 19 heavy (non-hydrogen) atoms. The van der Waals surface area contributed by atoms with E-state index < -0.39 is 11.7 Å². The highest BCUT2D eigenvalue weighted by atomic mass is 19.4. The minimum Gasteiger partial charge on any atom is -0.307 e. The molecule has 0 aliphatic heterocycles. The van der Waals surface area contributed by atoms with Crippen LogP contribution in [0.15, 0.2) is 24.3 Å². The van der Waals surface area contributed by atoms with E-state index in [0.29, 0.717) is 12.0 Å². The summed E-state index contributed by atoms with van der Waals surface area (Å²) in [6.07, 6.45) is 2.37. The van der Waals surface area contributed by atoms with Crippen LogP contribution in [0.3, 0.4) is 0 Å². The van der Waals surface area contributed by atoms with Crippen molar-refractivity contribution in [2.75, 3.05) is 0 Å². The zero-order valence-corrected chi connectivity index (χ0v) is 11.1. The van der Waals surface area contributed by atoms with Gasteiger partial charge in [-0.05, 0) is 31.0 Å². The number of hydrogen-bond acceptors (Lipinski definition) is 1. The summed E-state index contributed by atoms with van der Waals surface area (Å²) >= 11 is 0. The lowest BCUT2D eigenvalue weighted by molar-refractivity contribution is -0.137. The highest BCUT2D eigenvalue weighted by molar-refractivity contribution is 5.27. The first-order valence-corrected chi connectivity index (χ1v) is 6.25. The molecule has 2 unspecified atom stereocenters. The summed E-state index contributed by atoms with van der Waals surface area (Å²) in [4.78, 5) is 0. The minimum absolute atomic E-state index is 0.120. The van der Waals surface area contributed by atoms with E-state index in [0.717, 1.165) is 12.5 Å². The van der Waals surface area contributed by atoms with Crippen molar-refractivity contribution in [2.45, 2.75) is 44.9 Å². The number of halogens is 3. The third kappa shape index (κ3) is 4.60. The molecule has 1 nitrogen and oxygen atoms in total. The van der Waals surface area contributed by atoms with Crippen molar-refractivity contribution >= 4 is 0 Å². The fourth-order valence-corrected chi connectivity index (χ4v) is 1.90. The topological polar surface area (TPSA) is 12.0 Å². The molecule has 1 rings (SSSR count). The normalized spacial score (nSPS) is 14.7. The van der Waals surface area contributed by atoms with Crippen LogP contribution >= 0.6 is 0 Å². The molecule has 1 N–H and O–H groups in total. The molecule has 1 aromatic carbocycles. The molecule has 0 radical (unpaired) electrons. The molecule has 0 amide bonds. The van der Waals surface area contributed by atoms with Gasteiger partial charge in [0.2, 0.25) is 0 Å². The third-order valence-corrected chi connectivity index (χ3v) is 3.06. The van der Waals surface area contributed by atoms with Gasteiger partial charge in [0.1, 0.15) is 0 Å². The summed E-state index contributed by atoms with van der Waals surface area (Å²) in [5.41, 5.74) is -0.00561. The van der Waals surface area contributed by atoms with Crippen LogP contribution in [-0.4, -0.2) is 6.04 Å². The van der Waals surface area contributed by atoms with E-state index in [2.05, 4.69) is 11.2 Å². The summed E-state index contributed by atoms with van der Waals surface area (Å²) in [5, 5.41) is 3.25. The van der Waals surface area contributed by atoms with Gasteiger partial charge in [0.25, 0.3) is 0 Å². The van der Waals surface area contributed by atoms with Crippen molar-refractivity contribution < 1.29 is 13.2 Å². The lowest BCUT2D eigenvalue weighted by atomic mass is 10.0. The van der Waals surface area contributed by atoms with Crippen molar-refractivity contribution in [3.63, 3.8) is 0 Å². The molecule has 0 bridgehead atoms. The Kier molecular flexibility index (Phi) is 5.44. The van der Waals surface area contributed by atoms with Crippen molar-refractivity contribution in [3.8, 4) is 12.3 Å². The Morgan fingerprint density at radius 3 is 2.58 bits per heavy atom. The van der Waals surface area contributed by atoms with Crippen LogP contribution in [0.5, 0.6) is 0 Å². The Hall–Kier alpha value is -1.47. The molecule has 2 atom stereocenters. The Bertz CT molecular complexity index is 445. The summed E-state index contributed by atoms with van der Waals surface area (Å²) in [6, 6.07) is 5.33. The average Bonchev–Trinajstić information content (AvgIpc) is 2.37. The molecule has 1 aromatic rings. The lowest BCUT2D eigenvalue weighted by Gasteiger charge is -2.21. The van der Waals surface area contributed by atoms with E-state index in [1.54, 1.807) is 6.07 Å². The van der Waals surface area contributed by atoms with E-state index >= 15 is 0 Å². The monoisotopic (exact) mass is 269 g/mol. The number of nitrogens with one attached hydrogen (secondary N) is 1. The molecule has 0 aliphatic rings. The maximum atomic E-state index is 12.6. The number of rotatable bonds is 5. The number of alkyl halides is 3. The highest BCUT2D eigenvalue weighted by Gasteiger charge is 2.30. The van der Waals surface area contributed by atoms with Crippen molar-refractivity contribution in [1.29, 1.82) is 0 Å². The quantitative estimate of drug-likeness (QED) is 0.791. The summed E-state index contributed by atoms with van der Waals surface area (Å²) < 4.78 is 37.9. The van der Waals surface area contributed by atoms with Crippen LogP contribution < -0.4 is 5.32 Å². The van der Waals surface area contributed by atoms with Gasteiger partial charge >= 0.3 is 6.18 Å². The summed E-state index contributed by atoms with van der Waals surface area (Å²) in [7, 11) is 0. The van der Waals surface area contributed by atoms with Gasteiger partial charge in [-0.2, -0.15) is 13.2 Å². The first kappa shape index (κ1) is 15.6. The van der Waals surface area contributed by atoms with Crippen molar-refractivity contribution in [1.82, 2.24) is 5.32 Å². The second kappa shape index (κ2) is 6.63. The van der Waals surface area contributed by atoms with Gasteiger partial charge in [-0.15, -0.1) is 12.3 Å². The molecule has 0 saturated carbocycles. The third-order valence-electron chi connectivity index (χ3n) is 3.06. The van der Waals surface area contributed by atoms with Gasteiger partial charge in [-0.3, -0.25) is 0 Å². The predicted octanol–water partition coefficient (Wildman–Crippen LogP) is 4.16. The van der Waals surface area contributed by atoms with Crippen LogP contribution in [0.4, 0.5) is 13.2 Å². The van der Waals surface area contributed by atoms with Gasteiger partial charge in [-0.1, -0.05) is 19.1 Å². The molecule has 0 fully saturated rings. The Labute approximate surface area is 112 Å². The summed E-state index contributed by atoms with van der Waals surface area (Å²) in [5.74, 6) is 2.57. The second-order valence-electron chi connectivity index (χ2n) is 4.52. The van der Waals surface area contributed by atoms with Gasteiger partial charge in [0.15, 0.2) is 0 Å². The first-order valence-electron chi connectivity index (χ1n) is 6.25. The molecule has 0 spiro atoms. The fraction of sp³-hybridized carbons (Fsp3) is 0.467. The second-order valence-corrected chi connectivity index (χ2v) is 4.52. The van der Waals surface area contributed by atoms with E-state index in [4.69, 9.17) is 6.42 Å². The standard InChI is InChI=1S/C15H18F3N/c1-4-7-14(5-2)19-11(3)12-8-6-9-13(10-12)15(16,17)18/h1,6,8-11,14,19H,5,7H2,2-3H3. The lowest BCUT2D eigenvalue weighted by Crippen LogP contribution is -2.30.